The Morgan fingerprint density at radius 2 is 2.00 bits per heavy atom. The summed E-state index contributed by atoms with van der Waals surface area (Å²) in [6.07, 6.45) is 0.649. The standard InChI is InChI=1S/C15H16N4O3S/c1-2-10-7-12(20)19-15(18-10)23-8-13(21)17-11-5-3-9(4-6-11)14(16)22/h3-7H,2,8H2,1H3,(H2,16,22)(H,17,21)(H,18,19,20). The van der Waals surface area contributed by atoms with Gasteiger partial charge in [-0.2, -0.15) is 0 Å². The number of anilines is 1. The van der Waals surface area contributed by atoms with Crippen LogP contribution in [0.2, 0.25) is 0 Å². The number of nitrogens with one attached hydrogen (secondary N) is 2. The maximum atomic E-state index is 11.9. The Morgan fingerprint density at radius 3 is 2.61 bits per heavy atom. The fourth-order valence-electron chi connectivity index (χ4n) is 1.78. The van der Waals surface area contributed by atoms with Crippen molar-refractivity contribution in [3.8, 4) is 0 Å². The smallest absolute Gasteiger partial charge is 0.251 e. The lowest BCUT2D eigenvalue weighted by molar-refractivity contribution is -0.113. The van der Waals surface area contributed by atoms with E-state index in [1.54, 1.807) is 12.1 Å². The van der Waals surface area contributed by atoms with Gasteiger partial charge in [-0.3, -0.25) is 14.4 Å². The second kappa shape index (κ2) is 7.59. The Labute approximate surface area is 136 Å². The first-order valence-electron chi connectivity index (χ1n) is 6.90. The minimum Gasteiger partial charge on any atom is -0.366 e. The summed E-state index contributed by atoms with van der Waals surface area (Å²) in [7, 11) is 0. The lowest BCUT2D eigenvalue weighted by Gasteiger charge is -2.06. The first-order chi connectivity index (χ1) is 11.0. The first-order valence-corrected chi connectivity index (χ1v) is 7.89. The van der Waals surface area contributed by atoms with E-state index in [0.717, 1.165) is 11.8 Å². The molecule has 0 radical (unpaired) electrons. The molecular formula is C15H16N4O3S. The van der Waals surface area contributed by atoms with E-state index in [1.807, 2.05) is 6.92 Å². The molecule has 0 saturated carbocycles. The second-order valence-corrected chi connectivity index (χ2v) is 5.64. The predicted octanol–water partition coefficient (Wildman–Crippen LogP) is 1.16. The molecule has 0 aliphatic rings. The van der Waals surface area contributed by atoms with Crippen molar-refractivity contribution in [2.75, 3.05) is 11.1 Å². The molecule has 8 heteroatoms. The monoisotopic (exact) mass is 332 g/mol. The van der Waals surface area contributed by atoms with Gasteiger partial charge in [0.15, 0.2) is 5.16 Å². The van der Waals surface area contributed by atoms with Crippen molar-refractivity contribution >= 4 is 29.3 Å². The Hall–Kier alpha value is -2.61. The zero-order chi connectivity index (χ0) is 16.8. The number of nitrogens with zero attached hydrogens (tertiary/aromatic N) is 1. The number of thioether (sulfide) groups is 1. The van der Waals surface area contributed by atoms with Crippen LogP contribution in [0.15, 0.2) is 40.3 Å². The summed E-state index contributed by atoms with van der Waals surface area (Å²) < 4.78 is 0. The topological polar surface area (TPSA) is 118 Å². The maximum Gasteiger partial charge on any atom is 0.251 e. The number of primary amides is 1. The quantitative estimate of drug-likeness (QED) is 0.542. The Bertz CT molecular complexity index is 771. The number of hydrogen-bond donors (Lipinski definition) is 3. The molecule has 23 heavy (non-hydrogen) atoms. The highest BCUT2D eigenvalue weighted by Gasteiger charge is 2.07. The van der Waals surface area contributed by atoms with Crippen molar-refractivity contribution in [2.45, 2.75) is 18.5 Å². The number of aromatic amines is 1. The third-order valence-corrected chi connectivity index (χ3v) is 3.80. The second-order valence-electron chi connectivity index (χ2n) is 4.67. The van der Waals surface area contributed by atoms with Crippen LogP contribution in [0.4, 0.5) is 5.69 Å². The van der Waals surface area contributed by atoms with Crippen LogP contribution in [-0.2, 0) is 11.2 Å². The molecule has 7 nitrogen and oxygen atoms in total. The van der Waals surface area contributed by atoms with Crippen LogP contribution < -0.4 is 16.6 Å². The number of aromatic nitrogens is 2. The molecule has 4 N–H and O–H groups in total. The van der Waals surface area contributed by atoms with E-state index in [-0.39, 0.29) is 17.2 Å². The van der Waals surface area contributed by atoms with E-state index in [1.165, 1.54) is 18.2 Å². The van der Waals surface area contributed by atoms with Crippen LogP contribution >= 0.6 is 11.8 Å². The Kier molecular flexibility index (Phi) is 5.53. The summed E-state index contributed by atoms with van der Waals surface area (Å²) >= 11 is 1.15. The van der Waals surface area contributed by atoms with E-state index in [2.05, 4.69) is 15.3 Å². The number of benzene rings is 1. The predicted molar refractivity (Wildman–Crippen MR) is 88.5 cm³/mol. The fourth-order valence-corrected chi connectivity index (χ4v) is 2.48. The lowest BCUT2D eigenvalue weighted by Crippen LogP contribution is -2.16. The largest absolute Gasteiger partial charge is 0.366 e. The van der Waals surface area contributed by atoms with Gasteiger partial charge in [0, 0.05) is 23.0 Å². The van der Waals surface area contributed by atoms with E-state index in [4.69, 9.17) is 5.73 Å². The highest BCUT2D eigenvalue weighted by Crippen LogP contribution is 2.14. The molecule has 0 aliphatic heterocycles. The zero-order valence-electron chi connectivity index (χ0n) is 12.5. The molecule has 1 aromatic heterocycles. The van der Waals surface area contributed by atoms with Gasteiger partial charge in [0.2, 0.25) is 11.8 Å². The first kappa shape index (κ1) is 16.8. The minimum absolute atomic E-state index is 0.105. The van der Waals surface area contributed by atoms with Gasteiger partial charge in [-0.15, -0.1) is 0 Å². The normalized spacial score (nSPS) is 10.3. The van der Waals surface area contributed by atoms with Gasteiger partial charge in [-0.25, -0.2) is 4.98 Å². The van der Waals surface area contributed by atoms with Gasteiger partial charge in [0.1, 0.15) is 0 Å². The fraction of sp³-hybridized carbons (Fsp3) is 0.200. The maximum absolute atomic E-state index is 11.9. The summed E-state index contributed by atoms with van der Waals surface area (Å²) in [5.41, 5.74) is 6.52. The van der Waals surface area contributed by atoms with Crippen molar-refractivity contribution < 1.29 is 9.59 Å². The van der Waals surface area contributed by atoms with Crippen molar-refractivity contribution in [1.29, 1.82) is 0 Å². The molecule has 120 valence electrons. The average molecular weight is 332 g/mol. The number of nitrogens with two attached hydrogens (primary N) is 1. The van der Waals surface area contributed by atoms with E-state index in [9.17, 15) is 14.4 Å². The zero-order valence-corrected chi connectivity index (χ0v) is 13.3. The van der Waals surface area contributed by atoms with Gasteiger partial charge < -0.3 is 16.0 Å². The van der Waals surface area contributed by atoms with Crippen LogP contribution in [0.1, 0.15) is 23.0 Å². The van der Waals surface area contributed by atoms with Gasteiger partial charge in [-0.05, 0) is 30.7 Å². The summed E-state index contributed by atoms with van der Waals surface area (Å²) in [4.78, 5) is 41.1. The number of rotatable bonds is 6. The molecule has 2 rings (SSSR count). The third kappa shape index (κ3) is 4.96. The van der Waals surface area contributed by atoms with Crippen molar-refractivity contribution in [3.05, 3.63) is 51.9 Å². The van der Waals surface area contributed by atoms with E-state index in [0.29, 0.717) is 28.5 Å². The number of carbonyl (C=O) groups excluding carboxylic acids is 2. The van der Waals surface area contributed by atoms with Crippen molar-refractivity contribution in [2.24, 2.45) is 5.73 Å². The number of hydrogen-bond acceptors (Lipinski definition) is 5. The Balaban J connectivity index is 1.93. The van der Waals surface area contributed by atoms with Crippen LogP contribution in [0.3, 0.4) is 0 Å². The summed E-state index contributed by atoms with van der Waals surface area (Å²) in [5, 5.41) is 3.10. The number of H-pyrrole nitrogens is 1. The Morgan fingerprint density at radius 1 is 1.30 bits per heavy atom. The van der Waals surface area contributed by atoms with E-state index >= 15 is 0 Å². The van der Waals surface area contributed by atoms with Crippen LogP contribution in [0.25, 0.3) is 0 Å². The summed E-state index contributed by atoms with van der Waals surface area (Å²) in [5.74, 6) is -0.663. The average Bonchev–Trinajstić information content (AvgIpc) is 2.53. The number of aryl methyl sites for hydroxylation is 1. The van der Waals surface area contributed by atoms with Gasteiger partial charge in [-0.1, -0.05) is 18.7 Å². The van der Waals surface area contributed by atoms with Gasteiger partial charge >= 0.3 is 0 Å². The van der Waals surface area contributed by atoms with Crippen molar-refractivity contribution in [1.82, 2.24) is 9.97 Å². The number of carbonyl (C=O) groups is 2. The molecule has 0 saturated heterocycles. The molecule has 2 aromatic rings. The molecule has 2 amide bonds. The molecule has 0 fully saturated rings. The van der Waals surface area contributed by atoms with Crippen LogP contribution in [0, 0.1) is 0 Å². The highest BCUT2D eigenvalue weighted by molar-refractivity contribution is 7.99. The van der Waals surface area contributed by atoms with Crippen LogP contribution in [0.5, 0.6) is 0 Å². The number of amides is 2. The van der Waals surface area contributed by atoms with Gasteiger partial charge in [0.25, 0.3) is 5.56 Å². The molecule has 0 spiro atoms. The SMILES string of the molecule is CCc1cc(=O)[nH]c(SCC(=O)Nc2ccc(C(N)=O)cc2)n1. The minimum atomic E-state index is -0.524. The van der Waals surface area contributed by atoms with Crippen molar-refractivity contribution in [3.63, 3.8) is 0 Å². The third-order valence-electron chi connectivity index (χ3n) is 2.93. The van der Waals surface area contributed by atoms with Crippen LogP contribution in [-0.4, -0.2) is 27.5 Å². The molecule has 0 aliphatic carbocycles. The molecule has 1 aromatic carbocycles. The molecular weight excluding hydrogens is 316 g/mol. The molecule has 0 atom stereocenters. The summed E-state index contributed by atoms with van der Waals surface area (Å²) in [6.45, 7) is 1.90. The lowest BCUT2D eigenvalue weighted by atomic mass is 10.2. The molecule has 0 bridgehead atoms. The molecule has 0 unspecified atom stereocenters. The summed E-state index contributed by atoms with van der Waals surface area (Å²) in [6, 6.07) is 7.70. The molecule has 1 heterocycles. The van der Waals surface area contributed by atoms with E-state index < -0.39 is 5.91 Å². The highest BCUT2D eigenvalue weighted by atomic mass is 32.2. The van der Waals surface area contributed by atoms with Gasteiger partial charge in [0.05, 0.1) is 5.75 Å².